The number of morpholine rings is 1. The Balaban J connectivity index is 1.88. The second-order valence-corrected chi connectivity index (χ2v) is 6.56. The molecule has 0 aliphatic carbocycles. The Bertz CT molecular complexity index is 743. The van der Waals surface area contributed by atoms with Gasteiger partial charge in [-0.25, -0.2) is 8.78 Å². The summed E-state index contributed by atoms with van der Waals surface area (Å²) < 4.78 is 32.9. The number of benzene rings is 2. The molecule has 0 N–H and O–H groups in total. The van der Waals surface area contributed by atoms with Crippen molar-refractivity contribution in [1.29, 1.82) is 0 Å². The van der Waals surface area contributed by atoms with Crippen LogP contribution in [0.25, 0.3) is 0 Å². The Morgan fingerprint density at radius 3 is 2.46 bits per heavy atom. The molecule has 1 aliphatic rings. The molecule has 1 aliphatic heterocycles. The van der Waals surface area contributed by atoms with Gasteiger partial charge in [0.05, 0.1) is 18.7 Å². The van der Waals surface area contributed by atoms with Gasteiger partial charge in [0.1, 0.15) is 17.7 Å². The maximum absolute atomic E-state index is 14.0. The predicted molar refractivity (Wildman–Crippen MR) is 86.6 cm³/mol. The van der Waals surface area contributed by atoms with E-state index >= 15 is 0 Å². The highest BCUT2D eigenvalue weighted by Gasteiger charge is 2.39. The fourth-order valence-electron chi connectivity index (χ4n) is 2.88. The molecule has 1 atom stereocenters. The number of halogens is 2. The lowest BCUT2D eigenvalue weighted by atomic mass is 9.96. The van der Waals surface area contributed by atoms with E-state index in [4.69, 9.17) is 4.74 Å². The van der Waals surface area contributed by atoms with Crippen molar-refractivity contribution in [2.24, 2.45) is 0 Å². The number of ether oxygens (including phenoxy) is 1. The molecule has 3 nitrogen and oxygen atoms in total. The van der Waals surface area contributed by atoms with Crippen molar-refractivity contribution < 1.29 is 18.3 Å². The van der Waals surface area contributed by atoms with Crippen LogP contribution in [0.3, 0.4) is 0 Å². The summed E-state index contributed by atoms with van der Waals surface area (Å²) in [6.07, 6.45) is -0.524. The van der Waals surface area contributed by atoms with Crippen LogP contribution in [0.5, 0.6) is 0 Å². The van der Waals surface area contributed by atoms with Gasteiger partial charge in [-0.05, 0) is 44.2 Å². The Morgan fingerprint density at radius 2 is 1.79 bits per heavy atom. The van der Waals surface area contributed by atoms with Crippen LogP contribution >= 0.6 is 0 Å². The molecule has 2 aromatic rings. The largest absolute Gasteiger partial charge is 0.369 e. The molecule has 1 saturated heterocycles. The molecular weight excluding hydrogens is 312 g/mol. The van der Waals surface area contributed by atoms with Gasteiger partial charge >= 0.3 is 0 Å². The van der Waals surface area contributed by atoms with Crippen molar-refractivity contribution in [2.75, 3.05) is 13.2 Å². The van der Waals surface area contributed by atoms with E-state index in [0.29, 0.717) is 17.7 Å². The Hall–Kier alpha value is -2.27. The van der Waals surface area contributed by atoms with Crippen LogP contribution in [0, 0.1) is 11.6 Å². The fourth-order valence-corrected chi connectivity index (χ4v) is 2.88. The highest BCUT2D eigenvalue weighted by Crippen LogP contribution is 2.32. The Labute approximate surface area is 139 Å². The second-order valence-electron chi connectivity index (χ2n) is 6.56. The zero-order chi connectivity index (χ0) is 17.3. The van der Waals surface area contributed by atoms with E-state index in [1.165, 1.54) is 30.3 Å². The molecule has 0 bridgehead atoms. The van der Waals surface area contributed by atoms with Crippen molar-refractivity contribution in [3.8, 4) is 0 Å². The van der Waals surface area contributed by atoms with Crippen molar-refractivity contribution in [2.45, 2.75) is 25.5 Å². The van der Waals surface area contributed by atoms with Crippen LogP contribution < -0.4 is 0 Å². The molecule has 3 rings (SSSR count). The summed E-state index contributed by atoms with van der Waals surface area (Å²) in [5.74, 6) is -0.960. The van der Waals surface area contributed by atoms with Crippen LogP contribution in [0.2, 0.25) is 0 Å². The number of hydrogen-bond acceptors (Lipinski definition) is 2. The molecule has 1 amide bonds. The number of rotatable bonds is 2. The molecule has 2 aromatic carbocycles. The minimum atomic E-state index is -0.534. The molecule has 126 valence electrons. The zero-order valence-electron chi connectivity index (χ0n) is 13.6. The molecule has 1 heterocycles. The first-order chi connectivity index (χ1) is 11.4. The van der Waals surface area contributed by atoms with E-state index in [2.05, 4.69) is 0 Å². The first kappa shape index (κ1) is 16.6. The monoisotopic (exact) mass is 331 g/mol. The van der Waals surface area contributed by atoms with E-state index in [9.17, 15) is 13.6 Å². The lowest BCUT2D eigenvalue weighted by Gasteiger charge is -2.45. The third kappa shape index (κ3) is 3.17. The van der Waals surface area contributed by atoms with Gasteiger partial charge in [-0.1, -0.05) is 18.2 Å². The molecule has 1 unspecified atom stereocenters. The van der Waals surface area contributed by atoms with Gasteiger partial charge in [-0.3, -0.25) is 4.79 Å². The highest BCUT2D eigenvalue weighted by molar-refractivity contribution is 5.94. The molecule has 0 aromatic heterocycles. The summed E-state index contributed by atoms with van der Waals surface area (Å²) in [5, 5.41) is 0. The third-order valence-electron chi connectivity index (χ3n) is 4.31. The molecule has 24 heavy (non-hydrogen) atoms. The standard InChI is InChI=1S/C19H19F2NO2/c1-19(2)12-24-17(15-5-3-4-6-16(15)21)11-22(19)18(23)13-7-9-14(20)10-8-13/h3-10,17H,11-12H2,1-2H3. The van der Waals surface area contributed by atoms with E-state index in [-0.39, 0.29) is 18.3 Å². The van der Waals surface area contributed by atoms with Crippen LogP contribution in [0.1, 0.15) is 35.9 Å². The number of carbonyl (C=O) groups excluding carboxylic acids is 1. The van der Waals surface area contributed by atoms with Crippen molar-refractivity contribution in [3.05, 3.63) is 71.3 Å². The molecule has 0 saturated carbocycles. The van der Waals surface area contributed by atoms with Gasteiger partial charge in [-0.15, -0.1) is 0 Å². The smallest absolute Gasteiger partial charge is 0.254 e. The van der Waals surface area contributed by atoms with Crippen molar-refractivity contribution in [3.63, 3.8) is 0 Å². The number of hydrogen-bond donors (Lipinski definition) is 0. The van der Waals surface area contributed by atoms with Gasteiger partial charge < -0.3 is 9.64 Å². The van der Waals surface area contributed by atoms with Crippen molar-refractivity contribution >= 4 is 5.91 Å². The predicted octanol–water partition coefficient (Wildman–Crippen LogP) is 3.96. The summed E-state index contributed by atoms with van der Waals surface area (Å²) in [6.45, 7) is 4.32. The number of nitrogens with zero attached hydrogens (tertiary/aromatic N) is 1. The molecule has 0 spiro atoms. The lowest BCUT2D eigenvalue weighted by molar-refractivity contribution is -0.0857. The summed E-state index contributed by atoms with van der Waals surface area (Å²) in [5.41, 5.74) is 0.302. The fraction of sp³-hybridized carbons (Fsp3) is 0.316. The normalized spacial score (nSPS) is 20.0. The Morgan fingerprint density at radius 1 is 1.12 bits per heavy atom. The van der Waals surface area contributed by atoms with Crippen LogP contribution in [-0.4, -0.2) is 29.5 Å². The van der Waals surface area contributed by atoms with Gasteiger partial charge in [-0.2, -0.15) is 0 Å². The highest BCUT2D eigenvalue weighted by atomic mass is 19.1. The van der Waals surface area contributed by atoms with Gasteiger partial charge in [0.15, 0.2) is 0 Å². The summed E-state index contributed by atoms with van der Waals surface area (Å²) in [4.78, 5) is 14.5. The summed E-state index contributed by atoms with van der Waals surface area (Å²) in [6, 6.07) is 11.8. The molecule has 1 fully saturated rings. The summed E-state index contributed by atoms with van der Waals surface area (Å²) >= 11 is 0. The average molecular weight is 331 g/mol. The topological polar surface area (TPSA) is 29.5 Å². The average Bonchev–Trinajstić information content (AvgIpc) is 2.55. The first-order valence-electron chi connectivity index (χ1n) is 7.82. The minimum absolute atomic E-state index is 0.218. The molecule has 0 radical (unpaired) electrons. The maximum Gasteiger partial charge on any atom is 0.254 e. The van der Waals surface area contributed by atoms with Gasteiger partial charge in [0, 0.05) is 11.1 Å². The summed E-state index contributed by atoms with van der Waals surface area (Å²) in [7, 11) is 0. The Kier molecular flexibility index (Phi) is 4.37. The van der Waals surface area contributed by atoms with E-state index in [1.807, 2.05) is 13.8 Å². The minimum Gasteiger partial charge on any atom is -0.369 e. The van der Waals surface area contributed by atoms with E-state index in [1.54, 1.807) is 23.1 Å². The quantitative estimate of drug-likeness (QED) is 0.834. The van der Waals surface area contributed by atoms with E-state index < -0.39 is 17.5 Å². The first-order valence-corrected chi connectivity index (χ1v) is 7.82. The van der Waals surface area contributed by atoms with Gasteiger partial charge in [0.2, 0.25) is 0 Å². The SMILES string of the molecule is CC1(C)COC(c2ccccc2F)CN1C(=O)c1ccc(F)cc1. The number of carbonyl (C=O) groups is 1. The van der Waals surface area contributed by atoms with Crippen LogP contribution in [0.15, 0.2) is 48.5 Å². The number of amides is 1. The third-order valence-corrected chi connectivity index (χ3v) is 4.31. The lowest BCUT2D eigenvalue weighted by Crippen LogP contribution is -2.56. The van der Waals surface area contributed by atoms with Crippen LogP contribution in [-0.2, 0) is 4.74 Å². The maximum atomic E-state index is 14.0. The van der Waals surface area contributed by atoms with Gasteiger partial charge in [0.25, 0.3) is 5.91 Å². The zero-order valence-corrected chi connectivity index (χ0v) is 13.6. The van der Waals surface area contributed by atoms with Crippen LogP contribution in [0.4, 0.5) is 8.78 Å². The molecule has 5 heteroatoms. The van der Waals surface area contributed by atoms with E-state index in [0.717, 1.165) is 0 Å². The van der Waals surface area contributed by atoms with Crippen molar-refractivity contribution in [1.82, 2.24) is 4.90 Å². The molecular formula is C19H19F2NO2. The second kappa shape index (κ2) is 6.32.